The number of nitrogens with one attached hydrogen (secondary N) is 1. The van der Waals surface area contributed by atoms with Gasteiger partial charge in [-0.1, -0.05) is 0 Å². The van der Waals surface area contributed by atoms with Gasteiger partial charge in [-0.15, -0.1) is 0 Å². The van der Waals surface area contributed by atoms with Crippen LogP contribution in [0.4, 0.5) is 14.5 Å². The Hall–Kier alpha value is -2.52. The van der Waals surface area contributed by atoms with E-state index in [4.69, 9.17) is 5.11 Å². The van der Waals surface area contributed by atoms with Gasteiger partial charge in [-0.3, -0.25) is 4.79 Å². The summed E-state index contributed by atoms with van der Waals surface area (Å²) in [5.74, 6) is -3.29. The number of aliphatic hydroxyl groups is 1. The minimum absolute atomic E-state index is 0.127. The van der Waals surface area contributed by atoms with Crippen LogP contribution in [-0.4, -0.2) is 53.0 Å². The second-order valence-electron chi connectivity index (χ2n) is 6.16. The zero-order chi connectivity index (χ0) is 19.0. The molecule has 3 rings (SSSR count). The molecule has 2 heterocycles. The molecular weight excluding hydrogens is 348 g/mol. The summed E-state index contributed by atoms with van der Waals surface area (Å²) < 4.78 is 31.2. The minimum atomic E-state index is -1.45. The second-order valence-corrected chi connectivity index (χ2v) is 6.16. The van der Waals surface area contributed by atoms with Gasteiger partial charge in [0.2, 0.25) is 5.43 Å². The van der Waals surface area contributed by atoms with E-state index in [1.807, 2.05) is 0 Å². The number of fused-ring (bicyclic) bond motifs is 1. The van der Waals surface area contributed by atoms with Gasteiger partial charge in [0.1, 0.15) is 17.1 Å². The normalized spacial score (nSPS) is 17.7. The van der Waals surface area contributed by atoms with Crippen LogP contribution in [0, 0.1) is 11.6 Å². The third-order valence-electron chi connectivity index (χ3n) is 4.59. The van der Waals surface area contributed by atoms with Crippen LogP contribution >= 0.6 is 0 Å². The molecule has 0 radical (unpaired) electrons. The standard InChI is InChI=1S/C17H19F2N3O4/c1-2-21-7-11(17(25)26)16(24)10-5-12(18)15(13(19)14(10)21)22-4-3-20-9(6-22)8-23/h5,7,9,20,23H,2-4,6,8H2,1H3,(H,25,26). The van der Waals surface area contributed by atoms with E-state index >= 15 is 4.39 Å². The second kappa shape index (κ2) is 7.00. The first-order chi connectivity index (χ1) is 12.4. The minimum Gasteiger partial charge on any atom is -0.477 e. The maximum atomic E-state index is 15.2. The van der Waals surface area contributed by atoms with Gasteiger partial charge in [-0.25, -0.2) is 13.6 Å². The zero-order valence-corrected chi connectivity index (χ0v) is 14.1. The molecule has 0 saturated carbocycles. The van der Waals surface area contributed by atoms with Crippen molar-refractivity contribution in [2.75, 3.05) is 31.1 Å². The summed E-state index contributed by atoms with van der Waals surface area (Å²) in [5.41, 5.74) is -1.86. The molecule has 1 atom stereocenters. The molecule has 140 valence electrons. The van der Waals surface area contributed by atoms with Crippen LogP contribution in [-0.2, 0) is 6.54 Å². The topological polar surface area (TPSA) is 94.8 Å². The number of halogens is 2. The number of carboxylic acid groups (broad SMARTS) is 1. The number of benzene rings is 1. The smallest absolute Gasteiger partial charge is 0.341 e. The van der Waals surface area contributed by atoms with Crippen molar-refractivity contribution in [2.24, 2.45) is 0 Å². The summed E-state index contributed by atoms with van der Waals surface area (Å²) in [5, 5.41) is 21.2. The maximum absolute atomic E-state index is 15.2. The van der Waals surface area contributed by atoms with Crippen LogP contribution in [0.3, 0.4) is 0 Å². The molecule has 26 heavy (non-hydrogen) atoms. The van der Waals surface area contributed by atoms with Gasteiger partial charge in [0.15, 0.2) is 5.82 Å². The summed E-state index contributed by atoms with van der Waals surface area (Å²) in [6, 6.07) is 0.575. The predicted octanol–water partition coefficient (Wildman–Crippen LogP) is 0.768. The summed E-state index contributed by atoms with van der Waals surface area (Å²) in [7, 11) is 0. The fourth-order valence-electron chi connectivity index (χ4n) is 3.32. The maximum Gasteiger partial charge on any atom is 0.341 e. The number of piperazine rings is 1. The van der Waals surface area contributed by atoms with E-state index in [-0.39, 0.29) is 42.3 Å². The van der Waals surface area contributed by atoms with Gasteiger partial charge < -0.3 is 25.0 Å². The fourth-order valence-corrected chi connectivity index (χ4v) is 3.32. The molecule has 1 unspecified atom stereocenters. The Kier molecular flexibility index (Phi) is 4.92. The molecular formula is C17H19F2N3O4. The van der Waals surface area contributed by atoms with Crippen molar-refractivity contribution in [1.82, 2.24) is 9.88 Å². The van der Waals surface area contributed by atoms with Crippen molar-refractivity contribution in [3.8, 4) is 0 Å². The molecule has 1 saturated heterocycles. The summed E-state index contributed by atoms with van der Waals surface area (Å²) in [4.78, 5) is 25.1. The van der Waals surface area contributed by atoms with Crippen LogP contribution in [0.15, 0.2) is 17.1 Å². The third-order valence-corrected chi connectivity index (χ3v) is 4.59. The number of pyridine rings is 1. The highest BCUT2D eigenvalue weighted by molar-refractivity contribution is 5.93. The quantitative estimate of drug-likeness (QED) is 0.739. The molecule has 0 spiro atoms. The molecule has 1 aliphatic rings. The molecule has 1 aromatic carbocycles. The number of carbonyl (C=O) groups is 1. The molecule has 1 aromatic heterocycles. The van der Waals surface area contributed by atoms with E-state index in [0.29, 0.717) is 13.1 Å². The highest BCUT2D eigenvalue weighted by Gasteiger charge is 2.27. The highest BCUT2D eigenvalue weighted by Crippen LogP contribution is 2.30. The molecule has 0 aliphatic carbocycles. The van der Waals surface area contributed by atoms with Crippen LogP contribution in [0.25, 0.3) is 10.9 Å². The number of rotatable bonds is 4. The predicted molar refractivity (Wildman–Crippen MR) is 91.8 cm³/mol. The van der Waals surface area contributed by atoms with Crippen molar-refractivity contribution in [3.05, 3.63) is 39.7 Å². The Balaban J connectivity index is 2.26. The van der Waals surface area contributed by atoms with Gasteiger partial charge in [-0.2, -0.15) is 0 Å². The van der Waals surface area contributed by atoms with Gasteiger partial charge in [-0.05, 0) is 13.0 Å². The largest absolute Gasteiger partial charge is 0.477 e. The van der Waals surface area contributed by atoms with Crippen molar-refractivity contribution >= 4 is 22.6 Å². The first-order valence-electron chi connectivity index (χ1n) is 8.26. The molecule has 0 amide bonds. The molecule has 1 aliphatic heterocycles. The van der Waals surface area contributed by atoms with Crippen molar-refractivity contribution < 1.29 is 23.8 Å². The number of carboxylic acids is 1. The lowest BCUT2D eigenvalue weighted by atomic mass is 10.1. The van der Waals surface area contributed by atoms with Crippen molar-refractivity contribution in [3.63, 3.8) is 0 Å². The first-order valence-corrected chi connectivity index (χ1v) is 8.26. The molecule has 7 nitrogen and oxygen atoms in total. The number of nitrogens with zero attached hydrogens (tertiary/aromatic N) is 2. The number of aryl methyl sites for hydroxylation is 1. The van der Waals surface area contributed by atoms with E-state index in [0.717, 1.165) is 12.3 Å². The number of anilines is 1. The lowest BCUT2D eigenvalue weighted by molar-refractivity contribution is 0.0695. The third kappa shape index (κ3) is 2.93. The lowest BCUT2D eigenvalue weighted by Crippen LogP contribution is -2.52. The molecule has 2 aromatic rings. The fraction of sp³-hybridized carbons (Fsp3) is 0.412. The van der Waals surface area contributed by atoms with Crippen molar-refractivity contribution in [2.45, 2.75) is 19.5 Å². The number of aliphatic hydroxyl groups excluding tert-OH is 1. The van der Waals surface area contributed by atoms with Gasteiger partial charge in [0.25, 0.3) is 0 Å². The number of aromatic carboxylic acids is 1. The van der Waals surface area contributed by atoms with Gasteiger partial charge in [0, 0.05) is 38.4 Å². The average Bonchev–Trinajstić information content (AvgIpc) is 2.62. The Morgan fingerprint density at radius 1 is 1.42 bits per heavy atom. The van der Waals surface area contributed by atoms with E-state index in [1.54, 1.807) is 6.92 Å². The Labute approximate surface area is 147 Å². The van der Waals surface area contributed by atoms with E-state index in [9.17, 15) is 19.1 Å². The molecule has 3 N–H and O–H groups in total. The highest BCUT2D eigenvalue weighted by atomic mass is 19.1. The number of hydrogen-bond acceptors (Lipinski definition) is 5. The van der Waals surface area contributed by atoms with E-state index in [1.165, 1.54) is 9.47 Å². The lowest BCUT2D eigenvalue weighted by Gasteiger charge is -2.35. The molecule has 0 bridgehead atoms. The molecule has 9 heteroatoms. The van der Waals surface area contributed by atoms with Crippen LogP contribution in [0.1, 0.15) is 17.3 Å². The van der Waals surface area contributed by atoms with Crippen LogP contribution < -0.4 is 15.6 Å². The van der Waals surface area contributed by atoms with Crippen LogP contribution in [0.5, 0.6) is 0 Å². The van der Waals surface area contributed by atoms with E-state index in [2.05, 4.69) is 5.32 Å². The Morgan fingerprint density at radius 3 is 2.77 bits per heavy atom. The number of hydrogen-bond donors (Lipinski definition) is 3. The summed E-state index contributed by atoms with van der Waals surface area (Å²) >= 11 is 0. The average molecular weight is 367 g/mol. The first kappa shape index (κ1) is 18.3. The summed E-state index contributed by atoms with van der Waals surface area (Å²) in [6.07, 6.45) is 1.08. The SMILES string of the molecule is CCn1cc(C(=O)O)c(=O)c2cc(F)c(N3CCNC(CO)C3)c(F)c21. The Bertz CT molecular complexity index is 929. The van der Waals surface area contributed by atoms with Crippen molar-refractivity contribution in [1.29, 1.82) is 0 Å². The monoisotopic (exact) mass is 367 g/mol. The van der Waals surface area contributed by atoms with Gasteiger partial charge >= 0.3 is 5.97 Å². The Morgan fingerprint density at radius 2 is 2.15 bits per heavy atom. The number of aromatic nitrogens is 1. The summed E-state index contributed by atoms with van der Waals surface area (Å²) in [6.45, 7) is 2.69. The zero-order valence-electron chi connectivity index (χ0n) is 14.1. The van der Waals surface area contributed by atoms with Gasteiger partial charge in [0.05, 0.1) is 17.5 Å². The molecule has 1 fully saturated rings. The van der Waals surface area contributed by atoms with E-state index < -0.39 is 28.6 Å². The van der Waals surface area contributed by atoms with Crippen LogP contribution in [0.2, 0.25) is 0 Å².